The molecule has 0 heterocycles. The molecule has 0 aliphatic carbocycles. The maximum Gasteiger partial charge on any atom is 0.312 e. The van der Waals surface area contributed by atoms with Crippen molar-refractivity contribution in [1.29, 1.82) is 0 Å². The van der Waals surface area contributed by atoms with Gasteiger partial charge < -0.3 is 9.47 Å². The van der Waals surface area contributed by atoms with Crippen LogP contribution in [0.2, 0.25) is 0 Å². The normalized spacial score (nSPS) is 13.0. The summed E-state index contributed by atoms with van der Waals surface area (Å²) < 4.78 is 32.9. The van der Waals surface area contributed by atoms with Gasteiger partial charge in [0.05, 0.1) is 15.9 Å². The SMILES string of the molecule is COC(C)COc1cc(C)c(S(=O)(=O)Cl)cc1[N+](=O)[O-]. The number of methoxy groups -OCH3 is 1. The Morgan fingerprint density at radius 3 is 2.50 bits per heavy atom. The van der Waals surface area contributed by atoms with E-state index in [-0.39, 0.29) is 28.9 Å². The molecule has 1 aromatic carbocycles. The van der Waals surface area contributed by atoms with E-state index < -0.39 is 19.7 Å². The number of nitro groups is 1. The summed E-state index contributed by atoms with van der Waals surface area (Å²) in [6, 6.07) is 2.17. The molecule has 0 amide bonds. The Hall–Kier alpha value is -1.38. The highest BCUT2D eigenvalue weighted by Gasteiger charge is 2.24. The topological polar surface area (TPSA) is 95.7 Å². The lowest BCUT2D eigenvalue weighted by Crippen LogP contribution is -2.16. The summed E-state index contributed by atoms with van der Waals surface area (Å²) in [5, 5.41) is 11.0. The fourth-order valence-electron chi connectivity index (χ4n) is 1.45. The second-order valence-electron chi connectivity index (χ2n) is 4.14. The van der Waals surface area contributed by atoms with Gasteiger partial charge in [0.2, 0.25) is 0 Å². The maximum absolute atomic E-state index is 11.3. The predicted octanol–water partition coefficient (Wildman–Crippen LogP) is 2.24. The molecule has 0 aromatic heterocycles. The fourth-order valence-corrected chi connectivity index (χ4v) is 2.64. The number of nitro benzene ring substituents is 1. The van der Waals surface area contributed by atoms with E-state index in [1.807, 2.05) is 0 Å². The average Bonchev–Trinajstić information content (AvgIpc) is 2.33. The summed E-state index contributed by atoms with van der Waals surface area (Å²) in [6.45, 7) is 3.31. The molecule has 0 aliphatic rings. The van der Waals surface area contributed by atoms with Gasteiger partial charge in [-0.1, -0.05) is 0 Å². The number of hydrogen-bond acceptors (Lipinski definition) is 6. The third-order valence-electron chi connectivity index (χ3n) is 2.59. The monoisotopic (exact) mass is 323 g/mol. The van der Waals surface area contributed by atoms with Crippen LogP contribution in [0.1, 0.15) is 12.5 Å². The fraction of sp³-hybridized carbons (Fsp3) is 0.455. The van der Waals surface area contributed by atoms with Crippen molar-refractivity contribution in [2.75, 3.05) is 13.7 Å². The molecule has 0 radical (unpaired) electrons. The molecule has 7 nitrogen and oxygen atoms in total. The minimum atomic E-state index is -4.05. The van der Waals surface area contributed by atoms with Crippen molar-refractivity contribution in [3.8, 4) is 5.75 Å². The summed E-state index contributed by atoms with van der Waals surface area (Å²) in [5.74, 6) is -0.0273. The van der Waals surface area contributed by atoms with Crippen LogP contribution in [0.4, 0.5) is 5.69 Å². The van der Waals surface area contributed by atoms with Gasteiger partial charge in [-0.15, -0.1) is 0 Å². The van der Waals surface area contributed by atoms with Crippen LogP contribution in [-0.2, 0) is 13.8 Å². The van der Waals surface area contributed by atoms with Crippen molar-refractivity contribution in [3.63, 3.8) is 0 Å². The van der Waals surface area contributed by atoms with Gasteiger partial charge in [0.25, 0.3) is 9.05 Å². The highest BCUT2D eigenvalue weighted by Crippen LogP contribution is 2.33. The number of ether oxygens (including phenoxy) is 2. The zero-order chi connectivity index (χ0) is 15.5. The first kappa shape index (κ1) is 16.7. The molecule has 0 saturated heterocycles. The van der Waals surface area contributed by atoms with Gasteiger partial charge in [0.15, 0.2) is 5.75 Å². The molecule has 1 rings (SSSR count). The second-order valence-corrected chi connectivity index (χ2v) is 6.67. The van der Waals surface area contributed by atoms with Crippen LogP contribution in [0.25, 0.3) is 0 Å². The minimum absolute atomic E-state index is 0.0273. The largest absolute Gasteiger partial charge is 0.484 e. The molecule has 9 heteroatoms. The van der Waals surface area contributed by atoms with Crippen LogP contribution in [0, 0.1) is 17.0 Å². The van der Waals surface area contributed by atoms with Crippen LogP contribution < -0.4 is 4.74 Å². The molecule has 1 unspecified atom stereocenters. The first-order valence-electron chi connectivity index (χ1n) is 5.56. The molecule has 112 valence electrons. The number of rotatable bonds is 6. The van der Waals surface area contributed by atoms with Gasteiger partial charge in [-0.25, -0.2) is 8.42 Å². The number of hydrogen-bond donors (Lipinski definition) is 0. The van der Waals surface area contributed by atoms with Crippen LogP contribution in [0.15, 0.2) is 17.0 Å². The molecule has 0 aliphatic heterocycles. The van der Waals surface area contributed by atoms with E-state index in [0.29, 0.717) is 0 Å². The highest BCUT2D eigenvalue weighted by atomic mass is 35.7. The summed E-state index contributed by atoms with van der Waals surface area (Å²) in [4.78, 5) is 9.95. The second kappa shape index (κ2) is 6.38. The van der Waals surface area contributed by atoms with Crippen molar-refractivity contribution in [1.82, 2.24) is 0 Å². The van der Waals surface area contributed by atoms with E-state index in [1.54, 1.807) is 6.92 Å². The summed E-state index contributed by atoms with van der Waals surface area (Å²) in [6.07, 6.45) is -0.258. The van der Waals surface area contributed by atoms with E-state index in [9.17, 15) is 18.5 Å². The van der Waals surface area contributed by atoms with E-state index in [1.165, 1.54) is 20.1 Å². The van der Waals surface area contributed by atoms with E-state index in [0.717, 1.165) is 6.07 Å². The minimum Gasteiger partial charge on any atom is -0.484 e. The Labute approximate surface area is 121 Å². The Bertz CT molecular complexity index is 616. The van der Waals surface area contributed by atoms with Crippen LogP contribution in [0.3, 0.4) is 0 Å². The van der Waals surface area contributed by atoms with Crippen LogP contribution >= 0.6 is 10.7 Å². The van der Waals surface area contributed by atoms with Crippen LogP contribution in [0.5, 0.6) is 5.75 Å². The van der Waals surface area contributed by atoms with Gasteiger partial charge in [0, 0.05) is 23.9 Å². The molecule has 1 aromatic rings. The van der Waals surface area contributed by atoms with Crippen molar-refractivity contribution < 1.29 is 22.8 Å². The molecule has 0 saturated carbocycles. The van der Waals surface area contributed by atoms with Crippen molar-refractivity contribution in [2.24, 2.45) is 0 Å². The van der Waals surface area contributed by atoms with Gasteiger partial charge in [-0.05, 0) is 25.5 Å². The Morgan fingerprint density at radius 2 is 2.05 bits per heavy atom. The van der Waals surface area contributed by atoms with Gasteiger partial charge >= 0.3 is 5.69 Å². The van der Waals surface area contributed by atoms with Gasteiger partial charge in [-0.2, -0.15) is 0 Å². The Balaban J connectivity index is 3.25. The number of benzene rings is 1. The Kier molecular flexibility index (Phi) is 5.32. The lowest BCUT2D eigenvalue weighted by molar-refractivity contribution is -0.386. The van der Waals surface area contributed by atoms with Gasteiger partial charge in [-0.3, -0.25) is 10.1 Å². The molecular formula is C11H14ClNO6S. The molecule has 0 fully saturated rings. The van der Waals surface area contributed by atoms with Crippen molar-refractivity contribution >= 4 is 25.4 Å². The average molecular weight is 324 g/mol. The van der Waals surface area contributed by atoms with E-state index >= 15 is 0 Å². The maximum atomic E-state index is 11.3. The smallest absolute Gasteiger partial charge is 0.312 e. The third kappa shape index (κ3) is 4.06. The molecule has 1 atom stereocenters. The first-order chi connectivity index (χ1) is 9.16. The number of aryl methyl sites for hydroxylation is 1. The molecule has 0 N–H and O–H groups in total. The lowest BCUT2D eigenvalue weighted by Gasteiger charge is -2.13. The quantitative estimate of drug-likeness (QED) is 0.452. The standard InChI is InChI=1S/C11H14ClNO6S/c1-7-4-10(19-6-8(2)18-3)9(13(14)15)5-11(7)20(12,16)17/h4-5,8H,6H2,1-3H3. The van der Waals surface area contributed by atoms with Crippen molar-refractivity contribution in [3.05, 3.63) is 27.8 Å². The third-order valence-corrected chi connectivity index (χ3v) is 4.06. The zero-order valence-corrected chi connectivity index (χ0v) is 12.7. The molecule has 0 bridgehead atoms. The van der Waals surface area contributed by atoms with Gasteiger partial charge in [0.1, 0.15) is 6.61 Å². The number of nitrogens with zero attached hydrogens (tertiary/aromatic N) is 1. The first-order valence-corrected chi connectivity index (χ1v) is 7.87. The number of halogens is 1. The van der Waals surface area contributed by atoms with Crippen molar-refractivity contribution in [2.45, 2.75) is 24.8 Å². The summed E-state index contributed by atoms with van der Waals surface area (Å²) >= 11 is 0. The lowest BCUT2D eigenvalue weighted by atomic mass is 10.2. The van der Waals surface area contributed by atoms with E-state index in [2.05, 4.69) is 0 Å². The predicted molar refractivity (Wildman–Crippen MR) is 72.8 cm³/mol. The molecule has 0 spiro atoms. The van der Waals surface area contributed by atoms with E-state index in [4.69, 9.17) is 20.2 Å². The summed E-state index contributed by atoms with van der Waals surface area (Å²) in [7, 11) is 2.66. The Morgan fingerprint density at radius 1 is 1.45 bits per heavy atom. The molecule has 20 heavy (non-hydrogen) atoms. The highest BCUT2D eigenvalue weighted by molar-refractivity contribution is 8.13. The molecular weight excluding hydrogens is 310 g/mol. The van der Waals surface area contributed by atoms with Crippen LogP contribution in [-0.4, -0.2) is 33.2 Å². The summed E-state index contributed by atoms with van der Waals surface area (Å²) in [5.41, 5.74) is -0.191. The zero-order valence-electron chi connectivity index (χ0n) is 11.1.